The van der Waals surface area contributed by atoms with E-state index >= 15 is 0 Å². The third-order valence-electron chi connectivity index (χ3n) is 1.03. The molecule has 0 spiro atoms. The minimum Gasteiger partial charge on any atom is -0.450 e. The van der Waals surface area contributed by atoms with Crippen LogP contribution in [-0.4, -0.2) is 0 Å². The van der Waals surface area contributed by atoms with Gasteiger partial charge in [-0.2, -0.15) is 9.90 Å². The maximum absolute atomic E-state index is 4.94. The molecule has 0 saturated carbocycles. The molecule has 1 aliphatic rings. The standard InChI is InChI=1S/C6H4O.H3P/c1-2-4-6-5(3-1)7-6;/h1-4H;1H3. The zero-order chi connectivity index (χ0) is 4.69. The van der Waals surface area contributed by atoms with Gasteiger partial charge < -0.3 is 4.74 Å². The van der Waals surface area contributed by atoms with Crippen LogP contribution in [-0.2, 0) is 0 Å². The monoisotopic (exact) mass is 126 g/mol. The van der Waals surface area contributed by atoms with Gasteiger partial charge in [-0.25, -0.2) is 0 Å². The Morgan fingerprint density at radius 3 is 1.88 bits per heavy atom. The highest BCUT2D eigenvalue weighted by Crippen LogP contribution is 2.43. The lowest BCUT2D eigenvalue weighted by atomic mass is 10.4. The van der Waals surface area contributed by atoms with Gasteiger partial charge in [0, 0.05) is 0 Å². The molecule has 1 atom stereocenters. The number of fused-ring (bicyclic) bond motifs is 1. The van der Waals surface area contributed by atoms with Gasteiger partial charge in [-0.1, -0.05) is 12.1 Å². The maximum Gasteiger partial charge on any atom is 0.170 e. The van der Waals surface area contributed by atoms with Gasteiger partial charge in [0.15, 0.2) is 11.5 Å². The number of hydrogen-bond donors (Lipinski definition) is 0. The number of benzene rings is 1. The van der Waals surface area contributed by atoms with E-state index in [1.165, 1.54) is 0 Å². The first-order chi connectivity index (χ1) is 3.47. The Labute approximate surface area is 51.3 Å². The van der Waals surface area contributed by atoms with Crippen LogP contribution in [0.25, 0.3) is 0 Å². The zero-order valence-electron chi connectivity index (χ0n) is 4.42. The molecular weight excluding hydrogens is 119 g/mol. The van der Waals surface area contributed by atoms with Gasteiger partial charge in [0.25, 0.3) is 0 Å². The lowest BCUT2D eigenvalue weighted by Crippen LogP contribution is -1.37. The summed E-state index contributed by atoms with van der Waals surface area (Å²) in [6, 6.07) is 7.84. The van der Waals surface area contributed by atoms with Gasteiger partial charge in [0.2, 0.25) is 0 Å². The molecule has 1 unspecified atom stereocenters. The molecular formula is C6H7OP. The van der Waals surface area contributed by atoms with E-state index in [0.717, 1.165) is 11.5 Å². The topological polar surface area (TPSA) is 12.5 Å². The molecule has 1 aromatic rings. The van der Waals surface area contributed by atoms with E-state index in [2.05, 4.69) is 0 Å². The fraction of sp³-hybridized carbons (Fsp3) is 0. The van der Waals surface area contributed by atoms with Gasteiger partial charge in [0.05, 0.1) is 0 Å². The molecule has 8 heavy (non-hydrogen) atoms. The molecule has 0 fully saturated rings. The Bertz CT molecular complexity index is 176. The van der Waals surface area contributed by atoms with Crippen LogP contribution in [0, 0.1) is 0 Å². The largest absolute Gasteiger partial charge is 0.450 e. The van der Waals surface area contributed by atoms with Gasteiger partial charge in [-0.15, -0.1) is 0 Å². The van der Waals surface area contributed by atoms with E-state index in [4.69, 9.17) is 4.74 Å². The van der Waals surface area contributed by atoms with Crippen LogP contribution in [0.5, 0.6) is 11.5 Å². The summed E-state index contributed by atoms with van der Waals surface area (Å²) in [5.74, 6) is 2.06. The van der Waals surface area contributed by atoms with Gasteiger partial charge >= 0.3 is 0 Å². The van der Waals surface area contributed by atoms with Crippen molar-refractivity contribution in [2.45, 2.75) is 0 Å². The van der Waals surface area contributed by atoms with Crippen molar-refractivity contribution < 1.29 is 4.74 Å². The van der Waals surface area contributed by atoms with Crippen LogP contribution in [0.4, 0.5) is 0 Å². The van der Waals surface area contributed by atoms with Crippen molar-refractivity contribution in [2.24, 2.45) is 0 Å². The van der Waals surface area contributed by atoms with Crippen LogP contribution in [0.15, 0.2) is 24.3 Å². The molecule has 1 nitrogen and oxygen atoms in total. The van der Waals surface area contributed by atoms with Crippen molar-refractivity contribution in [2.75, 3.05) is 0 Å². The molecule has 2 heteroatoms. The molecule has 0 aliphatic carbocycles. The Hall–Kier alpha value is -0.550. The predicted octanol–water partition coefficient (Wildman–Crippen LogP) is 1.85. The fourth-order valence-electron chi connectivity index (χ4n) is 0.611. The molecule has 0 bridgehead atoms. The number of para-hydroxylation sites is 2. The van der Waals surface area contributed by atoms with Crippen molar-refractivity contribution in [3.05, 3.63) is 24.3 Å². The van der Waals surface area contributed by atoms with Crippen molar-refractivity contribution in [3.63, 3.8) is 0 Å². The Kier molecular flexibility index (Phi) is 1.22. The van der Waals surface area contributed by atoms with Gasteiger partial charge in [-0.3, -0.25) is 0 Å². The third-order valence-corrected chi connectivity index (χ3v) is 1.03. The second kappa shape index (κ2) is 1.75. The minimum atomic E-state index is 0. The summed E-state index contributed by atoms with van der Waals surface area (Å²) in [7, 11) is 0. The molecule has 1 aliphatic heterocycles. The van der Waals surface area contributed by atoms with E-state index in [9.17, 15) is 0 Å². The Morgan fingerprint density at radius 1 is 1.00 bits per heavy atom. The zero-order valence-corrected chi connectivity index (χ0v) is 5.84. The summed E-state index contributed by atoms with van der Waals surface area (Å²) < 4.78 is 4.94. The average Bonchev–Trinajstić information content (AvgIpc) is 2.41. The van der Waals surface area contributed by atoms with E-state index in [1.54, 1.807) is 0 Å². The summed E-state index contributed by atoms with van der Waals surface area (Å²) in [5.41, 5.74) is 0. The number of ether oxygens (including phenoxy) is 1. The summed E-state index contributed by atoms with van der Waals surface area (Å²) in [6.07, 6.45) is 0. The highest BCUT2D eigenvalue weighted by atomic mass is 31.0. The van der Waals surface area contributed by atoms with Crippen LogP contribution in [0.3, 0.4) is 0 Å². The quantitative estimate of drug-likeness (QED) is 0.387. The van der Waals surface area contributed by atoms with Crippen molar-refractivity contribution in [1.29, 1.82) is 0 Å². The fourth-order valence-corrected chi connectivity index (χ4v) is 0.611. The normalized spacial score (nSPS) is 10.5. The molecule has 0 radical (unpaired) electrons. The minimum absolute atomic E-state index is 0. The van der Waals surface area contributed by atoms with Gasteiger partial charge in [-0.05, 0) is 12.1 Å². The molecule has 1 heterocycles. The molecule has 0 aromatic heterocycles. The first-order valence-electron chi connectivity index (χ1n) is 2.24. The van der Waals surface area contributed by atoms with E-state index < -0.39 is 0 Å². The second-order valence-electron chi connectivity index (χ2n) is 1.55. The van der Waals surface area contributed by atoms with E-state index in [0.29, 0.717) is 0 Å². The predicted molar refractivity (Wildman–Crippen MR) is 37.6 cm³/mol. The van der Waals surface area contributed by atoms with Crippen LogP contribution in [0.2, 0.25) is 0 Å². The molecule has 1 aromatic carbocycles. The number of hydrogen-bond acceptors (Lipinski definition) is 1. The SMILES string of the molecule is P.c1ccc2c(c1)O2. The highest BCUT2D eigenvalue weighted by Gasteiger charge is 2.15. The van der Waals surface area contributed by atoms with Crippen LogP contribution < -0.4 is 4.74 Å². The maximum atomic E-state index is 4.94. The molecule has 0 saturated heterocycles. The Balaban J connectivity index is 0.000000320. The van der Waals surface area contributed by atoms with Crippen LogP contribution >= 0.6 is 9.90 Å². The smallest absolute Gasteiger partial charge is 0.170 e. The van der Waals surface area contributed by atoms with E-state index in [-0.39, 0.29) is 9.90 Å². The third kappa shape index (κ3) is 0.696. The molecule has 42 valence electrons. The van der Waals surface area contributed by atoms with Crippen LogP contribution in [0.1, 0.15) is 0 Å². The Morgan fingerprint density at radius 2 is 1.50 bits per heavy atom. The molecule has 2 rings (SSSR count). The summed E-state index contributed by atoms with van der Waals surface area (Å²) in [4.78, 5) is 0. The van der Waals surface area contributed by atoms with Gasteiger partial charge in [0.1, 0.15) is 0 Å². The molecule has 0 amide bonds. The number of rotatable bonds is 0. The first-order valence-corrected chi connectivity index (χ1v) is 2.24. The summed E-state index contributed by atoms with van der Waals surface area (Å²) in [5, 5.41) is 0. The second-order valence-corrected chi connectivity index (χ2v) is 1.55. The first kappa shape index (κ1) is 5.58. The van der Waals surface area contributed by atoms with Crippen molar-refractivity contribution in [3.8, 4) is 11.5 Å². The lowest BCUT2D eigenvalue weighted by molar-refractivity contribution is 0.650. The van der Waals surface area contributed by atoms with E-state index in [1.807, 2.05) is 24.3 Å². The van der Waals surface area contributed by atoms with Crippen molar-refractivity contribution in [1.82, 2.24) is 0 Å². The summed E-state index contributed by atoms with van der Waals surface area (Å²) in [6.45, 7) is 0. The van der Waals surface area contributed by atoms with Crippen molar-refractivity contribution >= 4 is 9.90 Å². The molecule has 0 N–H and O–H groups in total. The summed E-state index contributed by atoms with van der Waals surface area (Å²) >= 11 is 0. The average molecular weight is 126 g/mol. The highest BCUT2D eigenvalue weighted by molar-refractivity contribution is 6.92. The lowest BCUT2D eigenvalue weighted by Gasteiger charge is -1.61.